The number of allylic oxidation sites excluding steroid dienone is 2. The molecule has 15 atom stereocenters. The Hall–Kier alpha value is -1.20. The molecule has 0 radical (unpaired) electrons. The van der Waals surface area contributed by atoms with E-state index in [2.05, 4.69) is 26.8 Å². The number of ether oxygens (including phenoxy) is 2. The minimum absolute atomic E-state index is 0.0912. The molecule has 1 heterocycles. The number of carbonyl (C=O) groups excluding carboxylic acids is 1. The van der Waals surface area contributed by atoms with Gasteiger partial charge in [0, 0.05) is 5.92 Å². The van der Waals surface area contributed by atoms with E-state index in [1.165, 1.54) is 0 Å². The van der Waals surface area contributed by atoms with Crippen LogP contribution in [0.2, 0.25) is 0 Å². The zero-order chi connectivity index (χ0) is 34.9. The van der Waals surface area contributed by atoms with E-state index in [4.69, 9.17) is 13.7 Å². The van der Waals surface area contributed by atoms with Gasteiger partial charge in [-0.05, 0) is 86.4 Å². The van der Waals surface area contributed by atoms with Crippen LogP contribution in [0.4, 0.5) is 0 Å². The molecule has 5 rings (SSSR count). The first kappa shape index (κ1) is 37.1. The Labute approximate surface area is 277 Å². The molecule has 13 nitrogen and oxygen atoms in total. The number of hydrogen-bond donors (Lipinski definition) is 5. The van der Waals surface area contributed by atoms with Gasteiger partial charge < -0.3 is 49.5 Å². The molecule has 270 valence electrons. The summed E-state index contributed by atoms with van der Waals surface area (Å²) < 4.78 is 52.7. The molecule has 0 unspecified atom stereocenters. The van der Waals surface area contributed by atoms with Crippen LogP contribution in [0.5, 0.6) is 0 Å². The summed E-state index contributed by atoms with van der Waals surface area (Å²) in [5.41, 5.74) is -1.09. The lowest BCUT2D eigenvalue weighted by Crippen LogP contribution is -2.63. The largest absolute Gasteiger partial charge is 0.726 e. The molecule has 1 aliphatic heterocycles. The number of carboxylic acid groups (broad SMARTS) is 1. The monoisotopic (exact) mass is 688 g/mol. The standard InChI is InChI=1S/C33H54O13S/c1-16(2)7-6-10-33(5,40)28-22(34)15-20-18-14-23(46-47(41,42)43)21-13-17(8-11-31(21,3)19(18)9-12-32(20,28)4)44-30-26(37)24(35)25(36)27(45-30)29(38)39/h9,16-18,20-28,30,34-37,40H,6-8,10-15H2,1-5H3,(H,38,39)(H,41,42,43)/p-2/t17-,18+,20-,21+,22-,23-,24-,25-,26+,27-,28-,30+,31+,32-,33-/m0/s1. The molecule has 0 aromatic carbocycles. The van der Waals surface area contributed by atoms with Crippen molar-refractivity contribution in [2.45, 2.75) is 147 Å². The first-order valence-electron chi connectivity index (χ1n) is 17.0. The Kier molecular flexibility index (Phi) is 10.4. The third-order valence-electron chi connectivity index (χ3n) is 12.5. The molecule has 0 bridgehead atoms. The molecule has 5 N–H and O–H groups in total. The molecule has 0 aromatic rings. The van der Waals surface area contributed by atoms with Gasteiger partial charge in [0.25, 0.3) is 0 Å². The molecule has 1 saturated heterocycles. The number of carbonyl (C=O) groups is 1. The Bertz CT molecular complexity index is 1300. The van der Waals surface area contributed by atoms with E-state index in [-0.39, 0.29) is 24.7 Å². The minimum atomic E-state index is -5.12. The van der Waals surface area contributed by atoms with Gasteiger partial charge in [-0.1, -0.05) is 52.2 Å². The van der Waals surface area contributed by atoms with Crippen LogP contribution in [0.1, 0.15) is 92.4 Å². The van der Waals surface area contributed by atoms with E-state index in [0.29, 0.717) is 38.0 Å². The Balaban J connectivity index is 1.41. The highest BCUT2D eigenvalue weighted by Gasteiger charge is 2.64. The first-order chi connectivity index (χ1) is 21.7. The van der Waals surface area contributed by atoms with Crippen molar-refractivity contribution in [2.24, 2.45) is 40.4 Å². The number of rotatable bonds is 10. The number of carboxylic acids is 1. The molecule has 0 spiro atoms. The number of aliphatic hydroxyl groups excluding tert-OH is 4. The molecule has 0 amide bonds. The molecule has 4 aliphatic carbocycles. The fourth-order valence-electron chi connectivity index (χ4n) is 10.4. The predicted molar refractivity (Wildman–Crippen MR) is 162 cm³/mol. The molecular formula is C33H52O13S-2. The lowest BCUT2D eigenvalue weighted by atomic mass is 9.47. The van der Waals surface area contributed by atoms with E-state index >= 15 is 0 Å². The second-order valence-corrected chi connectivity index (χ2v) is 17.1. The summed E-state index contributed by atoms with van der Waals surface area (Å²) in [6, 6.07) is 0. The molecule has 14 heteroatoms. The van der Waals surface area contributed by atoms with Crippen LogP contribution in [-0.4, -0.2) is 99.1 Å². The van der Waals surface area contributed by atoms with Crippen molar-refractivity contribution >= 4 is 16.4 Å². The van der Waals surface area contributed by atoms with Gasteiger partial charge in [0.2, 0.25) is 10.4 Å². The SMILES string of the molecule is CC(C)CCC[C@](C)(O)[C@H]1[C@@H](O)C[C@H]2[C@@H]3C[C@H](OS(=O)(=O)[O-])[C@H]4C[C@@H](O[C@@H]5O[C@H](C(=O)[O-])[C@@H](O)[C@H](O)[C@H]5O)CC[C@]4(C)C3=CC[C@@]21C. The Morgan fingerprint density at radius 3 is 2.40 bits per heavy atom. The average molecular weight is 689 g/mol. The van der Waals surface area contributed by atoms with Crippen molar-refractivity contribution in [1.29, 1.82) is 0 Å². The van der Waals surface area contributed by atoms with Gasteiger partial charge in [0.05, 0.1) is 29.9 Å². The third-order valence-corrected chi connectivity index (χ3v) is 13.0. The maximum Gasteiger partial charge on any atom is 0.217 e. The van der Waals surface area contributed by atoms with Crippen molar-refractivity contribution in [3.05, 3.63) is 11.6 Å². The van der Waals surface area contributed by atoms with Gasteiger partial charge in [-0.25, -0.2) is 8.42 Å². The maximum atomic E-state index is 12.1. The van der Waals surface area contributed by atoms with Gasteiger partial charge in [-0.15, -0.1) is 0 Å². The van der Waals surface area contributed by atoms with Gasteiger partial charge >= 0.3 is 0 Å². The zero-order valence-electron chi connectivity index (χ0n) is 27.9. The van der Waals surface area contributed by atoms with E-state index < -0.39 is 93.7 Å². The van der Waals surface area contributed by atoms with Gasteiger partial charge in [0.1, 0.15) is 24.4 Å². The van der Waals surface area contributed by atoms with Crippen LogP contribution < -0.4 is 5.11 Å². The predicted octanol–water partition coefficient (Wildman–Crippen LogP) is 0.512. The Morgan fingerprint density at radius 1 is 1.11 bits per heavy atom. The molecule has 0 aromatic heterocycles. The summed E-state index contributed by atoms with van der Waals surface area (Å²) in [7, 11) is -5.12. The quantitative estimate of drug-likeness (QED) is 0.0914. The van der Waals surface area contributed by atoms with Crippen LogP contribution in [0.15, 0.2) is 11.6 Å². The fourth-order valence-corrected chi connectivity index (χ4v) is 10.9. The highest BCUT2D eigenvalue weighted by atomic mass is 32.3. The summed E-state index contributed by atoms with van der Waals surface area (Å²) in [6.07, 6.45) is -4.75. The third kappa shape index (κ3) is 6.93. The minimum Gasteiger partial charge on any atom is -0.726 e. The molecule has 47 heavy (non-hydrogen) atoms. The van der Waals surface area contributed by atoms with E-state index in [0.717, 1.165) is 18.4 Å². The lowest BCUT2D eigenvalue weighted by Gasteiger charge is -2.59. The van der Waals surface area contributed by atoms with Crippen LogP contribution in [0, 0.1) is 40.4 Å². The lowest BCUT2D eigenvalue weighted by molar-refractivity contribution is -0.354. The van der Waals surface area contributed by atoms with Gasteiger partial charge in [-0.3, -0.25) is 4.18 Å². The topological polar surface area (TPSA) is 226 Å². The molecule has 5 aliphatic rings. The van der Waals surface area contributed by atoms with E-state index in [9.17, 15) is 48.4 Å². The van der Waals surface area contributed by atoms with Gasteiger partial charge in [-0.2, -0.15) is 0 Å². The van der Waals surface area contributed by atoms with Crippen molar-refractivity contribution in [2.75, 3.05) is 0 Å². The molecule has 3 saturated carbocycles. The Morgan fingerprint density at radius 2 is 1.79 bits per heavy atom. The summed E-state index contributed by atoms with van der Waals surface area (Å²) in [4.78, 5) is 11.5. The summed E-state index contributed by atoms with van der Waals surface area (Å²) in [5, 5.41) is 65.5. The van der Waals surface area contributed by atoms with Crippen molar-refractivity contribution < 1.29 is 62.1 Å². The number of aliphatic carboxylic acids is 1. The van der Waals surface area contributed by atoms with Gasteiger partial charge in [0.15, 0.2) is 6.29 Å². The van der Waals surface area contributed by atoms with Crippen LogP contribution >= 0.6 is 0 Å². The smallest absolute Gasteiger partial charge is 0.217 e. The normalized spacial score (nSPS) is 46.6. The van der Waals surface area contributed by atoms with Crippen molar-refractivity contribution in [3.63, 3.8) is 0 Å². The van der Waals surface area contributed by atoms with Crippen LogP contribution in [-0.2, 0) is 28.9 Å². The van der Waals surface area contributed by atoms with Crippen molar-refractivity contribution in [3.8, 4) is 0 Å². The highest BCUT2D eigenvalue weighted by Crippen LogP contribution is 2.67. The summed E-state index contributed by atoms with van der Waals surface area (Å²) in [5.74, 6) is -2.50. The van der Waals surface area contributed by atoms with Crippen LogP contribution in [0.25, 0.3) is 0 Å². The second kappa shape index (κ2) is 13.2. The average Bonchev–Trinajstić information content (AvgIpc) is 3.23. The highest BCUT2D eigenvalue weighted by molar-refractivity contribution is 7.80. The first-order valence-corrected chi connectivity index (χ1v) is 18.3. The second-order valence-electron chi connectivity index (χ2n) is 16.1. The zero-order valence-corrected chi connectivity index (χ0v) is 28.7. The van der Waals surface area contributed by atoms with Crippen LogP contribution in [0.3, 0.4) is 0 Å². The number of fused-ring (bicyclic) bond motifs is 5. The summed E-state index contributed by atoms with van der Waals surface area (Å²) >= 11 is 0. The molecule has 4 fully saturated rings. The number of aliphatic hydroxyl groups is 5. The molecular weight excluding hydrogens is 636 g/mol. The maximum absolute atomic E-state index is 12.1. The number of hydrogen-bond acceptors (Lipinski definition) is 13. The van der Waals surface area contributed by atoms with E-state index in [1.54, 1.807) is 0 Å². The van der Waals surface area contributed by atoms with Crippen molar-refractivity contribution in [1.82, 2.24) is 0 Å². The van der Waals surface area contributed by atoms with E-state index in [1.807, 2.05) is 13.8 Å². The fraction of sp³-hybridized carbons (Fsp3) is 0.909. The summed E-state index contributed by atoms with van der Waals surface area (Å²) in [6.45, 7) is 10.2.